The maximum atomic E-state index is 13.7. The lowest BCUT2D eigenvalue weighted by Gasteiger charge is -2.35. The van der Waals surface area contributed by atoms with Crippen LogP contribution in [0.2, 0.25) is 0 Å². The standard InChI is InChI=1S/C26H31N7O3S/c1-15-11-18(24(35)33-20(15)22(34)30-26(33)8-5-4-6-9-26)29-21-17-12-19(37-23(17)28-14-27-21)25(36)32-10-7-16(13-32)31(2)3/h11-12,14,16H,4-10,13H2,1-3H3,(H,30,34)(H,27,28,29)/t16-/m1/s1. The SMILES string of the molecule is Cc1cc(Nc2ncnc3sc(C(=O)N4CC[C@@H](N(C)C)C4)cc23)c(=O)n2c1C(=O)NC21CCCCC1. The minimum Gasteiger partial charge on any atom is -0.336 e. The average Bonchev–Trinajstić information content (AvgIpc) is 3.59. The molecule has 194 valence electrons. The van der Waals surface area contributed by atoms with Crippen molar-refractivity contribution in [2.24, 2.45) is 0 Å². The van der Waals surface area contributed by atoms with Crippen LogP contribution in [0.3, 0.4) is 0 Å². The second kappa shape index (κ2) is 8.91. The molecular weight excluding hydrogens is 490 g/mol. The Balaban J connectivity index is 1.35. The van der Waals surface area contributed by atoms with Crippen LogP contribution < -0.4 is 16.2 Å². The van der Waals surface area contributed by atoms with E-state index in [1.165, 1.54) is 17.7 Å². The van der Waals surface area contributed by atoms with Gasteiger partial charge in [0.2, 0.25) is 0 Å². The molecule has 1 atom stereocenters. The highest BCUT2D eigenvalue weighted by Crippen LogP contribution is 2.38. The Bertz CT molecular complexity index is 1470. The molecule has 1 spiro atoms. The first kappa shape index (κ1) is 24.1. The van der Waals surface area contributed by atoms with E-state index in [1.54, 1.807) is 10.6 Å². The number of anilines is 2. The number of carbonyl (C=O) groups excluding carboxylic acids is 2. The predicted molar refractivity (Wildman–Crippen MR) is 143 cm³/mol. The number of thiophene rings is 1. The van der Waals surface area contributed by atoms with Gasteiger partial charge >= 0.3 is 0 Å². The summed E-state index contributed by atoms with van der Waals surface area (Å²) in [7, 11) is 4.08. The van der Waals surface area contributed by atoms with E-state index in [0.29, 0.717) is 44.9 Å². The first-order chi connectivity index (χ1) is 17.8. The minimum absolute atomic E-state index is 0.00410. The zero-order valence-corrected chi connectivity index (χ0v) is 22.2. The highest BCUT2D eigenvalue weighted by atomic mass is 32.1. The summed E-state index contributed by atoms with van der Waals surface area (Å²) in [4.78, 5) is 54.0. The summed E-state index contributed by atoms with van der Waals surface area (Å²) >= 11 is 1.34. The summed E-state index contributed by atoms with van der Waals surface area (Å²) < 4.78 is 1.67. The monoisotopic (exact) mass is 521 g/mol. The van der Waals surface area contributed by atoms with Crippen molar-refractivity contribution in [1.82, 2.24) is 29.7 Å². The smallest absolute Gasteiger partial charge is 0.276 e. The summed E-state index contributed by atoms with van der Waals surface area (Å²) in [5.41, 5.74) is 0.627. The summed E-state index contributed by atoms with van der Waals surface area (Å²) in [6.45, 7) is 3.29. The van der Waals surface area contributed by atoms with Crippen molar-refractivity contribution in [3.05, 3.63) is 44.9 Å². The van der Waals surface area contributed by atoms with Crippen LogP contribution in [0, 0.1) is 6.92 Å². The van der Waals surface area contributed by atoms with Crippen molar-refractivity contribution in [3.63, 3.8) is 0 Å². The van der Waals surface area contributed by atoms with Gasteiger partial charge in [-0.15, -0.1) is 11.3 Å². The molecular formula is C26H31N7O3S. The maximum Gasteiger partial charge on any atom is 0.276 e. The number of fused-ring (bicyclic) bond motifs is 3. The van der Waals surface area contributed by atoms with Crippen LogP contribution in [0.25, 0.3) is 10.2 Å². The van der Waals surface area contributed by atoms with Gasteiger partial charge in [0.15, 0.2) is 0 Å². The van der Waals surface area contributed by atoms with Crippen LogP contribution in [0.15, 0.2) is 23.3 Å². The lowest BCUT2D eigenvalue weighted by Crippen LogP contribution is -2.48. The molecule has 0 bridgehead atoms. The van der Waals surface area contributed by atoms with Crippen LogP contribution >= 0.6 is 11.3 Å². The number of amides is 2. The molecule has 0 radical (unpaired) electrons. The van der Waals surface area contributed by atoms with Gasteiger partial charge in [-0.3, -0.25) is 19.0 Å². The summed E-state index contributed by atoms with van der Waals surface area (Å²) in [5, 5.41) is 7.03. The fourth-order valence-electron chi connectivity index (χ4n) is 6.03. The van der Waals surface area contributed by atoms with E-state index in [4.69, 9.17) is 0 Å². The third kappa shape index (κ3) is 3.91. The highest BCUT2D eigenvalue weighted by molar-refractivity contribution is 7.20. The van der Waals surface area contributed by atoms with Crippen LogP contribution in [-0.4, -0.2) is 69.4 Å². The third-order valence-electron chi connectivity index (χ3n) is 8.04. The van der Waals surface area contributed by atoms with Gasteiger partial charge < -0.3 is 20.4 Å². The van der Waals surface area contributed by atoms with Gasteiger partial charge in [0.05, 0.1) is 10.3 Å². The number of likely N-dealkylation sites (N-methyl/N-ethyl adjacent to an activating group) is 1. The van der Waals surface area contributed by atoms with Gasteiger partial charge in [-0.05, 0) is 70.8 Å². The molecule has 0 aromatic carbocycles. The Morgan fingerprint density at radius 1 is 1.19 bits per heavy atom. The quantitative estimate of drug-likeness (QED) is 0.543. The van der Waals surface area contributed by atoms with Crippen LogP contribution in [0.5, 0.6) is 0 Å². The molecule has 1 saturated carbocycles. The Morgan fingerprint density at radius 3 is 2.70 bits per heavy atom. The van der Waals surface area contributed by atoms with Gasteiger partial charge in [-0.1, -0.05) is 6.42 Å². The number of aromatic nitrogens is 3. The first-order valence-electron chi connectivity index (χ1n) is 12.8. The van der Waals surface area contributed by atoms with E-state index >= 15 is 0 Å². The fourth-order valence-corrected chi connectivity index (χ4v) is 6.99. The molecule has 3 aromatic heterocycles. The predicted octanol–water partition coefficient (Wildman–Crippen LogP) is 3.04. The highest BCUT2D eigenvalue weighted by Gasteiger charge is 2.45. The molecule has 11 heteroatoms. The number of nitrogens with zero attached hydrogens (tertiary/aromatic N) is 5. The molecule has 2 fully saturated rings. The van der Waals surface area contributed by atoms with E-state index in [2.05, 4.69) is 25.5 Å². The molecule has 1 aliphatic carbocycles. The van der Waals surface area contributed by atoms with E-state index < -0.39 is 5.66 Å². The molecule has 3 aliphatic rings. The zero-order chi connectivity index (χ0) is 25.9. The fraction of sp³-hybridized carbons (Fsp3) is 0.500. The number of nitrogens with one attached hydrogen (secondary N) is 2. The van der Waals surface area contributed by atoms with Gasteiger partial charge in [0.1, 0.15) is 34.0 Å². The van der Waals surface area contributed by atoms with E-state index in [1.807, 2.05) is 32.0 Å². The van der Waals surface area contributed by atoms with Crippen molar-refractivity contribution in [1.29, 1.82) is 0 Å². The molecule has 2 amide bonds. The lowest BCUT2D eigenvalue weighted by molar-refractivity contribution is 0.0787. The Labute approximate surface area is 218 Å². The summed E-state index contributed by atoms with van der Waals surface area (Å²) in [5.74, 6) is 0.280. The molecule has 1 saturated heterocycles. The second-order valence-electron chi connectivity index (χ2n) is 10.6. The van der Waals surface area contributed by atoms with Crippen LogP contribution in [-0.2, 0) is 5.66 Å². The number of aryl methyl sites for hydroxylation is 1. The van der Waals surface area contributed by atoms with E-state index in [9.17, 15) is 14.4 Å². The average molecular weight is 522 g/mol. The third-order valence-corrected chi connectivity index (χ3v) is 9.07. The number of hydrogen-bond donors (Lipinski definition) is 2. The van der Waals surface area contributed by atoms with Crippen molar-refractivity contribution >= 4 is 44.9 Å². The van der Waals surface area contributed by atoms with Gasteiger partial charge in [0.25, 0.3) is 17.4 Å². The van der Waals surface area contributed by atoms with Gasteiger partial charge in [0, 0.05) is 19.1 Å². The van der Waals surface area contributed by atoms with Crippen LogP contribution in [0.1, 0.15) is 64.2 Å². The maximum absolute atomic E-state index is 13.7. The van der Waals surface area contributed by atoms with Crippen molar-refractivity contribution in [3.8, 4) is 0 Å². The molecule has 6 rings (SSSR count). The normalized spacial score (nSPS) is 20.6. The van der Waals surface area contributed by atoms with Gasteiger partial charge in [-0.2, -0.15) is 0 Å². The number of likely N-dealkylation sites (tertiary alicyclic amines) is 1. The van der Waals surface area contributed by atoms with E-state index in [-0.39, 0.29) is 17.4 Å². The minimum atomic E-state index is -0.659. The summed E-state index contributed by atoms with van der Waals surface area (Å²) in [6.07, 6.45) is 6.92. The zero-order valence-electron chi connectivity index (χ0n) is 21.3. The Morgan fingerprint density at radius 2 is 1.97 bits per heavy atom. The summed E-state index contributed by atoms with van der Waals surface area (Å²) in [6, 6.07) is 3.90. The first-order valence-corrected chi connectivity index (χ1v) is 13.7. The van der Waals surface area contributed by atoms with Crippen molar-refractivity contribution < 1.29 is 9.59 Å². The molecule has 0 unspecified atom stereocenters. The molecule has 2 N–H and O–H groups in total. The van der Waals surface area contributed by atoms with Crippen molar-refractivity contribution in [2.45, 2.75) is 57.2 Å². The van der Waals surface area contributed by atoms with E-state index in [0.717, 1.165) is 50.6 Å². The molecule has 37 heavy (non-hydrogen) atoms. The number of rotatable bonds is 4. The van der Waals surface area contributed by atoms with Gasteiger partial charge in [-0.25, -0.2) is 9.97 Å². The van der Waals surface area contributed by atoms with Crippen LogP contribution in [0.4, 0.5) is 11.5 Å². The Hall–Kier alpha value is -3.31. The number of hydrogen-bond acceptors (Lipinski definition) is 8. The van der Waals surface area contributed by atoms with Crippen molar-refractivity contribution in [2.75, 3.05) is 32.5 Å². The molecule has 2 aliphatic heterocycles. The lowest BCUT2D eigenvalue weighted by atomic mass is 9.89. The number of carbonyl (C=O) groups is 2. The second-order valence-corrected chi connectivity index (χ2v) is 11.6. The molecule has 5 heterocycles. The molecule has 10 nitrogen and oxygen atoms in total. The molecule has 3 aromatic rings. The largest absolute Gasteiger partial charge is 0.336 e. The Kier molecular flexibility index (Phi) is 5.79. The number of pyridine rings is 1. The topological polar surface area (TPSA) is 112 Å².